The number of aromatic amines is 1. The van der Waals surface area contributed by atoms with Gasteiger partial charge in [0.05, 0.1) is 16.3 Å². The predicted molar refractivity (Wildman–Crippen MR) is 88.3 cm³/mol. The molecule has 3 aromatic heterocycles. The first-order valence-electron chi connectivity index (χ1n) is 7.06. The summed E-state index contributed by atoms with van der Waals surface area (Å²) < 4.78 is 6.87. The number of H-pyrrole nitrogens is 1. The molecule has 1 aromatic carbocycles. The van der Waals surface area contributed by atoms with Crippen molar-refractivity contribution in [1.82, 2.24) is 10.3 Å². The number of rotatable bonds is 3. The summed E-state index contributed by atoms with van der Waals surface area (Å²) in [5.74, 6) is 0.624. The minimum Gasteiger partial charge on any atom is -0.459 e. The first-order chi connectivity index (χ1) is 10.7. The molecule has 110 valence electrons. The zero-order chi connectivity index (χ0) is 15.1. The summed E-state index contributed by atoms with van der Waals surface area (Å²) in [7, 11) is 0. The number of aromatic nitrogens is 1. The van der Waals surface area contributed by atoms with Crippen molar-refractivity contribution in [2.45, 2.75) is 13.0 Å². The average Bonchev–Trinajstić information content (AvgIpc) is 3.20. The molecule has 0 bridgehead atoms. The molecule has 4 nitrogen and oxygen atoms in total. The standard InChI is InChI=1S/C17H14N2O2S/c1-10(15-8-11-4-2-3-5-14(11)21-15)18-17(20)13-9-16-12(19-13)6-7-22-16/h2-10,19H,1H3,(H,18,20)/t10-/m0/s1. The summed E-state index contributed by atoms with van der Waals surface area (Å²) in [5.41, 5.74) is 2.40. The number of fused-ring (bicyclic) bond motifs is 2. The molecule has 0 fully saturated rings. The Morgan fingerprint density at radius 3 is 2.95 bits per heavy atom. The molecule has 0 aliphatic carbocycles. The molecule has 0 spiro atoms. The first-order valence-corrected chi connectivity index (χ1v) is 7.94. The van der Waals surface area contributed by atoms with Crippen molar-refractivity contribution in [3.63, 3.8) is 0 Å². The summed E-state index contributed by atoms with van der Waals surface area (Å²) in [6.45, 7) is 1.92. The highest BCUT2D eigenvalue weighted by Gasteiger charge is 2.16. The number of hydrogen-bond acceptors (Lipinski definition) is 3. The van der Waals surface area contributed by atoms with Crippen LogP contribution in [0.15, 0.2) is 52.3 Å². The molecule has 4 aromatic rings. The zero-order valence-electron chi connectivity index (χ0n) is 11.9. The molecular weight excluding hydrogens is 296 g/mol. The lowest BCUT2D eigenvalue weighted by Crippen LogP contribution is -2.26. The second-order valence-corrected chi connectivity index (χ2v) is 6.21. The largest absolute Gasteiger partial charge is 0.459 e. The number of furan rings is 1. The van der Waals surface area contributed by atoms with Gasteiger partial charge >= 0.3 is 0 Å². The van der Waals surface area contributed by atoms with Crippen molar-refractivity contribution in [2.75, 3.05) is 0 Å². The highest BCUT2D eigenvalue weighted by atomic mass is 32.1. The van der Waals surface area contributed by atoms with E-state index in [1.165, 1.54) is 0 Å². The topological polar surface area (TPSA) is 58.0 Å². The number of benzene rings is 1. The third-order valence-electron chi connectivity index (χ3n) is 3.70. The van der Waals surface area contributed by atoms with E-state index in [9.17, 15) is 4.79 Å². The molecule has 0 saturated carbocycles. The molecular formula is C17H14N2O2S. The Bertz CT molecular complexity index is 902. The third-order valence-corrected chi connectivity index (χ3v) is 4.57. The minimum absolute atomic E-state index is 0.128. The van der Waals surface area contributed by atoms with Crippen molar-refractivity contribution in [3.8, 4) is 0 Å². The van der Waals surface area contributed by atoms with Gasteiger partial charge in [0, 0.05) is 5.39 Å². The summed E-state index contributed by atoms with van der Waals surface area (Å²) in [4.78, 5) is 15.5. The lowest BCUT2D eigenvalue weighted by atomic mass is 10.2. The van der Waals surface area contributed by atoms with Crippen LogP contribution in [0.4, 0.5) is 0 Å². The van der Waals surface area contributed by atoms with Crippen LogP contribution in [0.25, 0.3) is 21.2 Å². The van der Waals surface area contributed by atoms with Crippen molar-refractivity contribution < 1.29 is 9.21 Å². The molecule has 5 heteroatoms. The summed E-state index contributed by atoms with van der Waals surface area (Å²) in [6, 6.07) is 13.4. The molecule has 2 N–H and O–H groups in total. The quantitative estimate of drug-likeness (QED) is 0.586. The van der Waals surface area contributed by atoms with Crippen LogP contribution in [0.5, 0.6) is 0 Å². The van der Waals surface area contributed by atoms with E-state index in [-0.39, 0.29) is 11.9 Å². The molecule has 0 aliphatic heterocycles. The lowest BCUT2D eigenvalue weighted by molar-refractivity contribution is 0.0931. The van der Waals surface area contributed by atoms with Gasteiger partial charge < -0.3 is 14.7 Å². The van der Waals surface area contributed by atoms with Gasteiger partial charge in [0.15, 0.2) is 0 Å². The number of carbonyl (C=O) groups is 1. The second-order valence-electron chi connectivity index (χ2n) is 5.26. The molecule has 1 amide bonds. The van der Waals surface area contributed by atoms with Crippen LogP contribution in [-0.2, 0) is 0 Å². The Morgan fingerprint density at radius 1 is 1.27 bits per heavy atom. The number of para-hydroxylation sites is 1. The molecule has 0 unspecified atom stereocenters. The Balaban J connectivity index is 1.56. The molecule has 0 aliphatic rings. The lowest BCUT2D eigenvalue weighted by Gasteiger charge is -2.10. The van der Waals surface area contributed by atoms with Crippen molar-refractivity contribution >= 4 is 38.4 Å². The molecule has 0 saturated heterocycles. The monoisotopic (exact) mass is 310 g/mol. The van der Waals surface area contributed by atoms with E-state index in [2.05, 4.69) is 10.3 Å². The van der Waals surface area contributed by atoms with Crippen molar-refractivity contribution in [3.05, 3.63) is 59.3 Å². The molecule has 3 heterocycles. The highest BCUT2D eigenvalue weighted by Crippen LogP contribution is 2.25. The number of carbonyl (C=O) groups excluding carboxylic acids is 1. The Morgan fingerprint density at radius 2 is 2.14 bits per heavy atom. The number of thiophene rings is 1. The van der Waals surface area contributed by atoms with Crippen molar-refractivity contribution in [1.29, 1.82) is 0 Å². The molecule has 4 rings (SSSR count). The average molecular weight is 310 g/mol. The van der Waals surface area contributed by atoms with Crippen LogP contribution >= 0.6 is 11.3 Å². The summed E-state index contributed by atoms with van der Waals surface area (Å²) in [5, 5.41) is 6.01. The van der Waals surface area contributed by atoms with Crippen LogP contribution in [0.1, 0.15) is 29.2 Å². The molecule has 22 heavy (non-hydrogen) atoms. The van der Waals surface area contributed by atoms with E-state index < -0.39 is 0 Å². The summed E-state index contributed by atoms with van der Waals surface area (Å²) in [6.07, 6.45) is 0. The van der Waals surface area contributed by atoms with E-state index >= 15 is 0 Å². The SMILES string of the molecule is C[C@H](NC(=O)c1cc2sccc2[nH]1)c1cc2ccccc2o1. The maximum Gasteiger partial charge on any atom is 0.268 e. The van der Waals surface area contributed by atoms with Crippen LogP contribution in [0.2, 0.25) is 0 Å². The fourth-order valence-electron chi connectivity index (χ4n) is 2.53. The van der Waals surface area contributed by atoms with Gasteiger partial charge in [-0.2, -0.15) is 0 Å². The summed E-state index contributed by atoms with van der Waals surface area (Å²) >= 11 is 1.61. The van der Waals surface area contributed by atoms with Gasteiger partial charge in [0.2, 0.25) is 0 Å². The van der Waals surface area contributed by atoms with Crippen LogP contribution in [0, 0.1) is 0 Å². The van der Waals surface area contributed by atoms with Crippen LogP contribution < -0.4 is 5.32 Å². The number of nitrogens with one attached hydrogen (secondary N) is 2. The van der Waals surface area contributed by atoms with Crippen LogP contribution in [-0.4, -0.2) is 10.9 Å². The van der Waals surface area contributed by atoms with E-state index in [0.717, 1.165) is 26.9 Å². The smallest absolute Gasteiger partial charge is 0.268 e. The van der Waals surface area contributed by atoms with Gasteiger partial charge in [-0.15, -0.1) is 11.3 Å². The van der Waals surface area contributed by atoms with Gasteiger partial charge in [0.25, 0.3) is 5.91 Å². The maximum atomic E-state index is 12.3. The van der Waals surface area contributed by atoms with E-state index in [0.29, 0.717) is 5.69 Å². The normalized spacial score (nSPS) is 12.8. The Kier molecular flexibility index (Phi) is 3.01. The van der Waals surface area contributed by atoms with Gasteiger partial charge in [-0.05, 0) is 36.6 Å². The molecule has 0 radical (unpaired) electrons. The minimum atomic E-state index is -0.193. The van der Waals surface area contributed by atoms with Crippen LogP contribution in [0.3, 0.4) is 0 Å². The molecule has 1 atom stereocenters. The fraction of sp³-hybridized carbons (Fsp3) is 0.118. The maximum absolute atomic E-state index is 12.3. The van der Waals surface area contributed by atoms with Gasteiger partial charge in [-0.25, -0.2) is 0 Å². The number of amides is 1. The first kappa shape index (κ1) is 13.2. The third kappa shape index (κ3) is 2.19. The van der Waals surface area contributed by atoms with Gasteiger partial charge in [0.1, 0.15) is 17.0 Å². The van der Waals surface area contributed by atoms with E-state index in [4.69, 9.17) is 4.42 Å². The predicted octanol–water partition coefficient (Wildman–Crippen LogP) is 4.47. The zero-order valence-corrected chi connectivity index (χ0v) is 12.7. The van der Waals surface area contributed by atoms with Gasteiger partial charge in [-0.1, -0.05) is 18.2 Å². The van der Waals surface area contributed by atoms with Crippen molar-refractivity contribution in [2.24, 2.45) is 0 Å². The van der Waals surface area contributed by atoms with E-state index in [1.807, 2.05) is 54.8 Å². The Hall–Kier alpha value is -2.53. The Labute approximate surface area is 130 Å². The fourth-order valence-corrected chi connectivity index (χ4v) is 3.31. The van der Waals surface area contributed by atoms with E-state index in [1.54, 1.807) is 11.3 Å². The highest BCUT2D eigenvalue weighted by molar-refractivity contribution is 7.17. The number of hydrogen-bond donors (Lipinski definition) is 2. The second kappa shape index (κ2) is 5.03. The van der Waals surface area contributed by atoms with Gasteiger partial charge in [-0.3, -0.25) is 4.79 Å².